The zero-order chi connectivity index (χ0) is 19.7. The number of hydrogen-bond donors (Lipinski definition) is 2. The summed E-state index contributed by atoms with van der Waals surface area (Å²) in [7, 11) is 1.62. The fourth-order valence-corrected chi connectivity index (χ4v) is 3.42. The third kappa shape index (κ3) is 3.22. The number of fused-ring (bicyclic) bond motifs is 1. The number of carbonyl (C=O) groups excluding carboxylic acids is 3. The van der Waals surface area contributed by atoms with E-state index in [2.05, 4.69) is 10.3 Å². The minimum absolute atomic E-state index is 0.291. The molecule has 2 heterocycles. The Morgan fingerprint density at radius 2 is 1.79 bits per heavy atom. The molecule has 1 aliphatic heterocycles. The third-order valence-electron chi connectivity index (χ3n) is 5.02. The van der Waals surface area contributed by atoms with E-state index in [1.54, 1.807) is 19.2 Å². The number of imide groups is 1. The number of carbonyl (C=O) groups is 3. The highest BCUT2D eigenvalue weighted by Crippen LogP contribution is 2.21. The van der Waals surface area contributed by atoms with Crippen LogP contribution in [0.25, 0.3) is 10.9 Å². The number of aromatic amines is 1. The first-order valence-electron chi connectivity index (χ1n) is 9.03. The lowest BCUT2D eigenvalue weighted by atomic mass is 10.1. The van der Waals surface area contributed by atoms with Crippen LogP contribution in [0.15, 0.2) is 60.8 Å². The van der Waals surface area contributed by atoms with Gasteiger partial charge in [-0.3, -0.25) is 14.5 Å². The Hall–Kier alpha value is -3.61. The third-order valence-corrected chi connectivity index (χ3v) is 5.02. The molecule has 3 aromatic rings. The fraction of sp³-hybridized carbons (Fsp3) is 0.190. The second kappa shape index (κ2) is 7.19. The Labute approximate surface area is 161 Å². The summed E-state index contributed by atoms with van der Waals surface area (Å²) >= 11 is 0. The van der Waals surface area contributed by atoms with Crippen LogP contribution < -0.4 is 10.2 Å². The Morgan fingerprint density at radius 3 is 2.57 bits per heavy atom. The van der Waals surface area contributed by atoms with Crippen molar-refractivity contribution in [3.8, 4) is 0 Å². The second-order valence-electron chi connectivity index (χ2n) is 6.78. The molecule has 0 spiro atoms. The van der Waals surface area contributed by atoms with Crippen LogP contribution in [0.5, 0.6) is 0 Å². The maximum absolute atomic E-state index is 12.7. The SMILES string of the molecule is CN(C(=O)CN1C(=O)N[C@@H](Cc2c[nH]c3ccccc23)C1=O)c1ccccc1. The minimum atomic E-state index is -0.679. The number of nitrogens with one attached hydrogen (secondary N) is 2. The first kappa shape index (κ1) is 17.8. The fourth-order valence-electron chi connectivity index (χ4n) is 3.42. The van der Waals surface area contributed by atoms with Crippen molar-refractivity contribution in [2.45, 2.75) is 12.5 Å². The van der Waals surface area contributed by atoms with E-state index in [0.717, 1.165) is 21.4 Å². The predicted octanol–water partition coefficient (Wildman–Crippen LogP) is 2.29. The van der Waals surface area contributed by atoms with Gasteiger partial charge in [0, 0.05) is 36.3 Å². The van der Waals surface area contributed by atoms with Gasteiger partial charge in [0.05, 0.1) is 0 Å². The molecular formula is C21H20N4O3. The van der Waals surface area contributed by atoms with Gasteiger partial charge in [-0.2, -0.15) is 0 Å². The van der Waals surface area contributed by atoms with E-state index in [4.69, 9.17) is 0 Å². The van der Waals surface area contributed by atoms with Gasteiger partial charge in [0.25, 0.3) is 5.91 Å². The molecule has 0 unspecified atom stereocenters. The van der Waals surface area contributed by atoms with E-state index in [9.17, 15) is 14.4 Å². The minimum Gasteiger partial charge on any atom is -0.361 e. The summed E-state index contributed by atoms with van der Waals surface area (Å²) in [5.41, 5.74) is 2.63. The van der Waals surface area contributed by atoms with E-state index in [1.807, 2.05) is 48.7 Å². The van der Waals surface area contributed by atoms with Crippen molar-refractivity contribution in [1.29, 1.82) is 0 Å². The molecule has 1 aliphatic rings. The van der Waals surface area contributed by atoms with Crippen molar-refractivity contribution in [1.82, 2.24) is 15.2 Å². The lowest BCUT2D eigenvalue weighted by Gasteiger charge is -2.20. The first-order valence-corrected chi connectivity index (χ1v) is 9.03. The summed E-state index contributed by atoms with van der Waals surface area (Å²) in [5.74, 6) is -0.715. The summed E-state index contributed by atoms with van der Waals surface area (Å²) in [6.45, 7) is -0.291. The van der Waals surface area contributed by atoms with Gasteiger partial charge in [0.2, 0.25) is 5.91 Å². The van der Waals surface area contributed by atoms with Crippen molar-refractivity contribution < 1.29 is 14.4 Å². The molecule has 1 saturated heterocycles. The Kier molecular flexibility index (Phi) is 4.57. The smallest absolute Gasteiger partial charge is 0.325 e. The molecule has 1 atom stereocenters. The van der Waals surface area contributed by atoms with Gasteiger partial charge in [-0.25, -0.2) is 4.79 Å². The van der Waals surface area contributed by atoms with Gasteiger partial charge in [-0.15, -0.1) is 0 Å². The molecule has 1 aromatic heterocycles. The van der Waals surface area contributed by atoms with E-state index in [1.165, 1.54) is 4.90 Å². The molecule has 4 rings (SSSR count). The number of amides is 4. The van der Waals surface area contributed by atoms with Crippen LogP contribution >= 0.6 is 0 Å². The lowest BCUT2D eigenvalue weighted by molar-refractivity contribution is -0.131. The first-order chi connectivity index (χ1) is 13.5. The molecule has 7 nitrogen and oxygen atoms in total. The number of anilines is 1. The molecule has 0 saturated carbocycles. The quantitative estimate of drug-likeness (QED) is 0.670. The average molecular weight is 376 g/mol. The van der Waals surface area contributed by atoms with Crippen molar-refractivity contribution in [2.24, 2.45) is 0 Å². The highest BCUT2D eigenvalue weighted by Gasteiger charge is 2.39. The molecule has 0 aliphatic carbocycles. The van der Waals surface area contributed by atoms with Crippen molar-refractivity contribution in [3.63, 3.8) is 0 Å². The topological polar surface area (TPSA) is 85.5 Å². The molecule has 28 heavy (non-hydrogen) atoms. The standard InChI is InChI=1S/C21H20N4O3/c1-24(15-7-3-2-4-8-15)19(26)13-25-20(27)18(23-21(25)28)11-14-12-22-17-10-6-5-9-16(14)17/h2-10,12,18,22H,11,13H2,1H3,(H,23,28)/t18-/m0/s1. The molecule has 1 fully saturated rings. The van der Waals surface area contributed by atoms with Gasteiger partial charge < -0.3 is 15.2 Å². The van der Waals surface area contributed by atoms with Gasteiger partial charge in [0.1, 0.15) is 12.6 Å². The zero-order valence-corrected chi connectivity index (χ0v) is 15.4. The molecule has 2 N–H and O–H groups in total. The average Bonchev–Trinajstić information content (AvgIpc) is 3.24. The highest BCUT2D eigenvalue weighted by molar-refractivity contribution is 6.08. The molecule has 7 heteroatoms. The number of hydrogen-bond acceptors (Lipinski definition) is 3. The number of urea groups is 1. The van der Waals surface area contributed by atoms with Crippen LogP contribution in [0.2, 0.25) is 0 Å². The van der Waals surface area contributed by atoms with E-state index < -0.39 is 12.1 Å². The van der Waals surface area contributed by atoms with E-state index in [0.29, 0.717) is 12.1 Å². The summed E-state index contributed by atoms with van der Waals surface area (Å²) in [4.78, 5) is 43.2. The Morgan fingerprint density at radius 1 is 1.07 bits per heavy atom. The summed E-state index contributed by atoms with van der Waals surface area (Å²) < 4.78 is 0. The van der Waals surface area contributed by atoms with Gasteiger partial charge in [-0.1, -0.05) is 36.4 Å². The lowest BCUT2D eigenvalue weighted by Crippen LogP contribution is -2.42. The van der Waals surface area contributed by atoms with Crippen molar-refractivity contribution in [3.05, 3.63) is 66.4 Å². The number of likely N-dealkylation sites (N-methyl/N-ethyl adjacent to an activating group) is 1. The maximum Gasteiger partial charge on any atom is 0.325 e. The van der Waals surface area contributed by atoms with Gasteiger partial charge >= 0.3 is 6.03 Å². The summed E-state index contributed by atoms with van der Waals surface area (Å²) in [6.07, 6.45) is 2.22. The molecule has 2 aromatic carbocycles. The van der Waals surface area contributed by atoms with Crippen LogP contribution in [-0.4, -0.2) is 47.4 Å². The van der Waals surface area contributed by atoms with E-state index >= 15 is 0 Å². The molecular weight excluding hydrogens is 356 g/mol. The molecule has 0 radical (unpaired) electrons. The van der Waals surface area contributed by atoms with Crippen LogP contribution in [0.1, 0.15) is 5.56 Å². The zero-order valence-electron chi connectivity index (χ0n) is 15.4. The number of benzene rings is 2. The number of H-pyrrole nitrogens is 1. The maximum atomic E-state index is 12.7. The highest BCUT2D eigenvalue weighted by atomic mass is 16.2. The van der Waals surface area contributed by atoms with Gasteiger partial charge in [0.15, 0.2) is 0 Å². The van der Waals surface area contributed by atoms with Crippen molar-refractivity contribution in [2.75, 3.05) is 18.5 Å². The largest absolute Gasteiger partial charge is 0.361 e. The Bertz CT molecular complexity index is 1040. The monoisotopic (exact) mass is 376 g/mol. The second-order valence-corrected chi connectivity index (χ2v) is 6.78. The number of aromatic nitrogens is 1. The number of para-hydroxylation sites is 2. The summed E-state index contributed by atoms with van der Waals surface area (Å²) in [6, 6.07) is 15.7. The van der Waals surface area contributed by atoms with Crippen LogP contribution in [0, 0.1) is 0 Å². The van der Waals surface area contributed by atoms with E-state index in [-0.39, 0.29) is 18.4 Å². The predicted molar refractivity (Wildman–Crippen MR) is 106 cm³/mol. The van der Waals surface area contributed by atoms with Crippen LogP contribution in [0.4, 0.5) is 10.5 Å². The summed E-state index contributed by atoms with van der Waals surface area (Å²) in [5, 5.41) is 3.71. The molecule has 4 amide bonds. The van der Waals surface area contributed by atoms with Crippen molar-refractivity contribution >= 4 is 34.4 Å². The number of rotatable bonds is 5. The van der Waals surface area contributed by atoms with Crippen LogP contribution in [-0.2, 0) is 16.0 Å². The number of nitrogens with zero attached hydrogens (tertiary/aromatic N) is 2. The molecule has 142 valence electrons. The molecule has 0 bridgehead atoms. The van der Waals surface area contributed by atoms with Gasteiger partial charge in [-0.05, 0) is 23.8 Å². The van der Waals surface area contributed by atoms with Crippen LogP contribution in [0.3, 0.4) is 0 Å². The Balaban J connectivity index is 1.46. The normalized spacial score (nSPS) is 16.5.